The lowest BCUT2D eigenvalue weighted by Crippen LogP contribution is -2.14. The lowest BCUT2D eigenvalue weighted by Gasteiger charge is -2.16. The molecule has 1 unspecified atom stereocenters. The maximum absolute atomic E-state index is 3.27. The molecule has 1 aromatic heterocycles. The topological polar surface area (TPSA) is 17.0 Å². The molecule has 2 heteroatoms. The van der Waals surface area contributed by atoms with Gasteiger partial charge in [0.2, 0.25) is 0 Å². The number of para-hydroxylation sites is 1. The number of benzene rings is 1. The van der Waals surface area contributed by atoms with Crippen molar-refractivity contribution in [2.24, 2.45) is 0 Å². The molecule has 0 saturated carbocycles. The van der Waals surface area contributed by atoms with Gasteiger partial charge in [-0.15, -0.1) is 0 Å². The number of nitrogens with zero attached hydrogens (tertiary/aromatic N) is 1. The van der Waals surface area contributed by atoms with E-state index < -0.39 is 0 Å². The molecule has 0 saturated heterocycles. The van der Waals surface area contributed by atoms with Crippen LogP contribution >= 0.6 is 0 Å². The number of aromatic nitrogens is 1. The molecular formula is C13H16N2. The van der Waals surface area contributed by atoms with Crippen molar-refractivity contribution in [3.8, 4) is 5.69 Å². The minimum atomic E-state index is 0.364. The van der Waals surface area contributed by atoms with Crippen molar-refractivity contribution in [1.82, 2.24) is 9.88 Å². The fraction of sp³-hybridized carbons (Fsp3) is 0.231. The van der Waals surface area contributed by atoms with Crippen LogP contribution in [0, 0.1) is 0 Å². The van der Waals surface area contributed by atoms with Crippen molar-refractivity contribution >= 4 is 0 Å². The molecule has 0 bridgehead atoms. The Morgan fingerprint density at radius 3 is 2.40 bits per heavy atom. The first-order chi connectivity index (χ1) is 7.33. The maximum atomic E-state index is 3.27. The smallest absolute Gasteiger partial charge is 0.0497 e. The zero-order chi connectivity index (χ0) is 10.7. The van der Waals surface area contributed by atoms with E-state index in [1.807, 2.05) is 19.2 Å². The van der Waals surface area contributed by atoms with Gasteiger partial charge in [-0.25, -0.2) is 0 Å². The van der Waals surface area contributed by atoms with Crippen LogP contribution in [0.1, 0.15) is 18.5 Å². The average Bonchev–Trinajstić information content (AvgIpc) is 2.81. The van der Waals surface area contributed by atoms with Gasteiger partial charge in [0, 0.05) is 24.1 Å². The van der Waals surface area contributed by atoms with Crippen molar-refractivity contribution in [2.45, 2.75) is 13.0 Å². The molecule has 78 valence electrons. The van der Waals surface area contributed by atoms with Crippen molar-refractivity contribution in [3.05, 3.63) is 54.4 Å². The highest BCUT2D eigenvalue weighted by Crippen LogP contribution is 2.20. The monoisotopic (exact) mass is 200 g/mol. The first-order valence-electron chi connectivity index (χ1n) is 5.22. The van der Waals surface area contributed by atoms with Gasteiger partial charge in [-0.2, -0.15) is 0 Å². The molecule has 15 heavy (non-hydrogen) atoms. The molecule has 0 aliphatic rings. The summed E-state index contributed by atoms with van der Waals surface area (Å²) in [7, 11) is 1.98. The third-order valence-electron chi connectivity index (χ3n) is 2.72. The molecule has 1 aromatic carbocycles. The van der Waals surface area contributed by atoms with Gasteiger partial charge in [-0.05, 0) is 37.7 Å². The van der Waals surface area contributed by atoms with Crippen molar-refractivity contribution in [1.29, 1.82) is 0 Å². The highest BCUT2D eigenvalue weighted by Gasteiger charge is 2.08. The van der Waals surface area contributed by atoms with Gasteiger partial charge < -0.3 is 9.88 Å². The second-order valence-corrected chi connectivity index (χ2v) is 3.66. The Balaban J connectivity index is 2.47. The van der Waals surface area contributed by atoms with E-state index in [1.54, 1.807) is 0 Å². The fourth-order valence-electron chi connectivity index (χ4n) is 1.74. The minimum absolute atomic E-state index is 0.364. The highest BCUT2D eigenvalue weighted by atomic mass is 15.0. The van der Waals surface area contributed by atoms with Crippen LogP contribution in [-0.2, 0) is 0 Å². The van der Waals surface area contributed by atoms with E-state index in [4.69, 9.17) is 0 Å². The van der Waals surface area contributed by atoms with Crippen LogP contribution < -0.4 is 5.32 Å². The van der Waals surface area contributed by atoms with Gasteiger partial charge >= 0.3 is 0 Å². The van der Waals surface area contributed by atoms with E-state index in [0.29, 0.717) is 6.04 Å². The Morgan fingerprint density at radius 1 is 1.07 bits per heavy atom. The Kier molecular flexibility index (Phi) is 2.88. The predicted octanol–water partition coefficient (Wildman–Crippen LogP) is 2.76. The third-order valence-corrected chi connectivity index (χ3v) is 2.72. The second kappa shape index (κ2) is 4.32. The summed E-state index contributed by atoms with van der Waals surface area (Å²) in [6, 6.07) is 12.9. The predicted molar refractivity (Wildman–Crippen MR) is 63.2 cm³/mol. The summed E-state index contributed by atoms with van der Waals surface area (Å²) in [4.78, 5) is 0. The largest absolute Gasteiger partial charge is 0.324 e. The van der Waals surface area contributed by atoms with E-state index in [9.17, 15) is 0 Å². The van der Waals surface area contributed by atoms with E-state index in [1.165, 1.54) is 11.3 Å². The maximum Gasteiger partial charge on any atom is 0.0497 e. The van der Waals surface area contributed by atoms with Crippen molar-refractivity contribution in [2.75, 3.05) is 7.05 Å². The van der Waals surface area contributed by atoms with Crippen LogP contribution in [-0.4, -0.2) is 11.6 Å². The van der Waals surface area contributed by atoms with Crippen LogP contribution in [0.25, 0.3) is 5.69 Å². The molecule has 2 nitrogen and oxygen atoms in total. The van der Waals surface area contributed by atoms with Crippen molar-refractivity contribution < 1.29 is 0 Å². The van der Waals surface area contributed by atoms with Gasteiger partial charge in [0.25, 0.3) is 0 Å². The Labute approximate surface area is 90.6 Å². The number of hydrogen-bond donors (Lipinski definition) is 1. The highest BCUT2D eigenvalue weighted by molar-refractivity contribution is 5.43. The average molecular weight is 200 g/mol. The molecule has 2 rings (SSSR count). The summed E-state index contributed by atoms with van der Waals surface area (Å²) in [5.41, 5.74) is 2.56. The van der Waals surface area contributed by atoms with Crippen LogP contribution in [0.2, 0.25) is 0 Å². The van der Waals surface area contributed by atoms with Crippen LogP contribution in [0.5, 0.6) is 0 Å². The lowest BCUT2D eigenvalue weighted by molar-refractivity contribution is 0.648. The van der Waals surface area contributed by atoms with Crippen LogP contribution in [0.3, 0.4) is 0 Å². The van der Waals surface area contributed by atoms with Gasteiger partial charge in [-0.3, -0.25) is 0 Å². The Bertz CT molecular complexity index is 418. The molecule has 1 N–H and O–H groups in total. The quantitative estimate of drug-likeness (QED) is 0.806. The number of rotatable bonds is 3. The fourth-order valence-corrected chi connectivity index (χ4v) is 1.74. The SMILES string of the molecule is CNC(C)c1ccccc1-n1cccc1. The normalized spacial score (nSPS) is 12.7. The molecule has 0 amide bonds. The van der Waals surface area contributed by atoms with Gasteiger partial charge in [-0.1, -0.05) is 18.2 Å². The summed E-state index contributed by atoms with van der Waals surface area (Å²) in [5.74, 6) is 0. The van der Waals surface area contributed by atoms with E-state index in [-0.39, 0.29) is 0 Å². The van der Waals surface area contributed by atoms with Crippen LogP contribution in [0.4, 0.5) is 0 Å². The summed E-state index contributed by atoms with van der Waals surface area (Å²) in [5, 5.41) is 3.27. The summed E-state index contributed by atoms with van der Waals surface area (Å²) >= 11 is 0. The first-order valence-corrected chi connectivity index (χ1v) is 5.22. The van der Waals surface area contributed by atoms with E-state index in [0.717, 1.165) is 0 Å². The van der Waals surface area contributed by atoms with Gasteiger partial charge in [0.15, 0.2) is 0 Å². The summed E-state index contributed by atoms with van der Waals surface area (Å²) in [6.07, 6.45) is 4.14. The summed E-state index contributed by atoms with van der Waals surface area (Å²) < 4.78 is 2.14. The van der Waals surface area contributed by atoms with E-state index >= 15 is 0 Å². The zero-order valence-electron chi connectivity index (χ0n) is 9.14. The zero-order valence-corrected chi connectivity index (χ0v) is 9.14. The molecule has 2 aromatic rings. The molecule has 0 aliphatic heterocycles. The summed E-state index contributed by atoms with van der Waals surface area (Å²) in [6.45, 7) is 2.17. The molecule has 0 fully saturated rings. The first kappa shape index (κ1) is 9.99. The van der Waals surface area contributed by atoms with Gasteiger partial charge in [0.05, 0.1) is 0 Å². The number of nitrogens with one attached hydrogen (secondary N) is 1. The lowest BCUT2D eigenvalue weighted by atomic mass is 10.1. The Hall–Kier alpha value is -1.54. The molecule has 0 aliphatic carbocycles. The van der Waals surface area contributed by atoms with Gasteiger partial charge in [0.1, 0.15) is 0 Å². The third kappa shape index (κ3) is 1.95. The van der Waals surface area contributed by atoms with Crippen LogP contribution in [0.15, 0.2) is 48.8 Å². The van der Waals surface area contributed by atoms with E-state index in [2.05, 4.69) is 53.5 Å². The molecule has 1 heterocycles. The number of hydrogen-bond acceptors (Lipinski definition) is 1. The molecule has 0 radical (unpaired) electrons. The molecule has 1 atom stereocenters. The Morgan fingerprint density at radius 2 is 1.73 bits per heavy atom. The minimum Gasteiger partial charge on any atom is -0.324 e. The standard InChI is InChI=1S/C13H16N2/c1-11(14-2)12-7-3-4-8-13(12)15-9-5-6-10-15/h3-11,14H,1-2H3. The van der Waals surface area contributed by atoms with Crippen molar-refractivity contribution in [3.63, 3.8) is 0 Å². The molecule has 0 spiro atoms. The second-order valence-electron chi connectivity index (χ2n) is 3.66. The molecular weight excluding hydrogens is 184 g/mol.